The summed E-state index contributed by atoms with van der Waals surface area (Å²) < 4.78 is 1.76. The topological polar surface area (TPSA) is 22.0 Å². The van der Waals surface area contributed by atoms with E-state index < -0.39 is 0 Å². The third-order valence-electron chi connectivity index (χ3n) is 3.82. The van der Waals surface area contributed by atoms with Crippen LogP contribution in [-0.4, -0.2) is 4.57 Å². The number of benzene rings is 2. The van der Waals surface area contributed by atoms with Crippen molar-refractivity contribution in [2.75, 3.05) is 0 Å². The van der Waals surface area contributed by atoms with Crippen LogP contribution >= 0.6 is 0 Å². The van der Waals surface area contributed by atoms with Gasteiger partial charge in [-0.25, -0.2) is 0 Å². The van der Waals surface area contributed by atoms with Gasteiger partial charge in [0, 0.05) is 11.8 Å². The molecule has 23 heavy (non-hydrogen) atoms. The lowest BCUT2D eigenvalue weighted by molar-refractivity contribution is 0.757. The molecule has 0 saturated heterocycles. The first-order valence-electron chi connectivity index (χ1n) is 7.71. The van der Waals surface area contributed by atoms with E-state index in [1.54, 1.807) is 4.57 Å². The van der Waals surface area contributed by atoms with Gasteiger partial charge in [-0.2, -0.15) is 0 Å². The highest BCUT2D eigenvalue weighted by atomic mass is 16.1. The number of nitrogens with zero attached hydrogens (tertiary/aromatic N) is 1. The number of hydrogen-bond acceptors (Lipinski definition) is 1. The minimum atomic E-state index is 0.0426. The van der Waals surface area contributed by atoms with Crippen LogP contribution in [0.2, 0.25) is 0 Å². The molecule has 0 saturated carbocycles. The predicted molar refractivity (Wildman–Crippen MR) is 96.2 cm³/mol. The van der Waals surface area contributed by atoms with Crippen LogP contribution in [0.1, 0.15) is 23.6 Å². The molecule has 0 atom stereocenters. The van der Waals surface area contributed by atoms with Gasteiger partial charge >= 0.3 is 0 Å². The van der Waals surface area contributed by atoms with Crippen LogP contribution in [0.4, 0.5) is 0 Å². The molecule has 1 heterocycles. The Kier molecular flexibility index (Phi) is 4.53. The molecule has 1 aromatic heterocycles. The van der Waals surface area contributed by atoms with Crippen molar-refractivity contribution >= 4 is 11.6 Å². The molecule has 0 fully saturated rings. The highest BCUT2D eigenvalue weighted by molar-refractivity contribution is 5.79. The van der Waals surface area contributed by atoms with E-state index in [-0.39, 0.29) is 5.56 Å². The molecule has 0 N–H and O–H groups in total. The second-order valence-electron chi connectivity index (χ2n) is 5.58. The van der Waals surface area contributed by atoms with Crippen LogP contribution in [0.3, 0.4) is 0 Å². The van der Waals surface area contributed by atoms with Gasteiger partial charge < -0.3 is 4.57 Å². The molecule has 0 spiro atoms. The van der Waals surface area contributed by atoms with Crippen molar-refractivity contribution in [3.63, 3.8) is 0 Å². The second-order valence-corrected chi connectivity index (χ2v) is 5.58. The first-order valence-corrected chi connectivity index (χ1v) is 7.71. The number of hydrogen-bond donors (Lipinski definition) is 0. The van der Waals surface area contributed by atoms with E-state index in [2.05, 4.69) is 0 Å². The Balaban J connectivity index is 1.94. The van der Waals surface area contributed by atoms with Gasteiger partial charge in [0.05, 0.1) is 6.54 Å². The maximum atomic E-state index is 12.7. The van der Waals surface area contributed by atoms with Crippen LogP contribution in [0.15, 0.2) is 83.8 Å². The molecule has 114 valence electrons. The number of allylic oxidation sites excluding steroid dienone is 1. The molecule has 2 heteroatoms. The Morgan fingerprint density at radius 1 is 0.913 bits per heavy atom. The zero-order valence-corrected chi connectivity index (χ0v) is 13.1. The molecule has 0 aliphatic carbocycles. The lowest BCUT2D eigenvalue weighted by Crippen LogP contribution is -2.22. The SMILES string of the molecule is C/C(=C\c1ccccc1)c1cccn(Cc2ccccc2)c1=O. The van der Waals surface area contributed by atoms with Gasteiger partial charge in [-0.1, -0.05) is 66.7 Å². The number of rotatable bonds is 4. The fraction of sp³-hybridized carbons (Fsp3) is 0.0952. The van der Waals surface area contributed by atoms with Crippen LogP contribution < -0.4 is 5.56 Å². The lowest BCUT2D eigenvalue weighted by Gasteiger charge is -2.09. The van der Waals surface area contributed by atoms with Crippen LogP contribution in [0.25, 0.3) is 11.6 Å². The number of aromatic nitrogens is 1. The quantitative estimate of drug-likeness (QED) is 0.697. The van der Waals surface area contributed by atoms with Crippen LogP contribution in [0, 0.1) is 0 Å². The molecule has 0 aliphatic heterocycles. The fourth-order valence-corrected chi connectivity index (χ4v) is 2.62. The van der Waals surface area contributed by atoms with Crippen molar-refractivity contribution in [1.29, 1.82) is 0 Å². The highest BCUT2D eigenvalue weighted by Gasteiger charge is 2.05. The zero-order chi connectivity index (χ0) is 16.1. The van der Waals surface area contributed by atoms with Gasteiger partial charge in [-0.3, -0.25) is 4.79 Å². The van der Waals surface area contributed by atoms with E-state index >= 15 is 0 Å². The Bertz CT molecular complexity index is 861. The molecular formula is C21H19NO. The van der Waals surface area contributed by atoms with E-state index in [0.29, 0.717) is 6.54 Å². The highest BCUT2D eigenvalue weighted by Crippen LogP contribution is 2.14. The minimum Gasteiger partial charge on any atom is -0.311 e. The summed E-state index contributed by atoms with van der Waals surface area (Å²) in [4.78, 5) is 12.7. The molecular weight excluding hydrogens is 282 g/mol. The first kappa shape index (κ1) is 15.0. The Morgan fingerprint density at radius 3 is 2.26 bits per heavy atom. The summed E-state index contributed by atoms with van der Waals surface area (Å²) in [5, 5.41) is 0. The maximum Gasteiger partial charge on any atom is 0.258 e. The van der Waals surface area contributed by atoms with E-state index in [4.69, 9.17) is 0 Å². The molecule has 3 aromatic rings. The summed E-state index contributed by atoms with van der Waals surface area (Å²) in [7, 11) is 0. The van der Waals surface area contributed by atoms with Crippen molar-refractivity contribution in [2.45, 2.75) is 13.5 Å². The monoisotopic (exact) mass is 301 g/mol. The largest absolute Gasteiger partial charge is 0.311 e. The standard InChI is InChI=1S/C21H19NO/c1-17(15-18-9-4-2-5-10-18)20-13-8-14-22(21(20)23)16-19-11-6-3-7-12-19/h2-15H,16H2,1H3/b17-15+. The summed E-state index contributed by atoms with van der Waals surface area (Å²) >= 11 is 0. The van der Waals surface area contributed by atoms with Crippen LogP contribution in [0.5, 0.6) is 0 Å². The fourth-order valence-electron chi connectivity index (χ4n) is 2.62. The maximum absolute atomic E-state index is 12.7. The number of pyridine rings is 1. The third-order valence-corrected chi connectivity index (χ3v) is 3.82. The molecule has 0 aliphatic rings. The van der Waals surface area contributed by atoms with Crippen molar-refractivity contribution in [1.82, 2.24) is 4.57 Å². The van der Waals surface area contributed by atoms with Crippen molar-refractivity contribution in [3.8, 4) is 0 Å². The van der Waals surface area contributed by atoms with Crippen molar-refractivity contribution in [2.24, 2.45) is 0 Å². The zero-order valence-electron chi connectivity index (χ0n) is 13.1. The first-order chi connectivity index (χ1) is 11.2. The summed E-state index contributed by atoms with van der Waals surface area (Å²) in [5.41, 5.74) is 3.98. The average Bonchev–Trinajstić information content (AvgIpc) is 2.58. The minimum absolute atomic E-state index is 0.0426. The van der Waals surface area contributed by atoms with Crippen molar-refractivity contribution in [3.05, 3.63) is 106 Å². The predicted octanol–water partition coefficient (Wildman–Crippen LogP) is 4.46. The summed E-state index contributed by atoms with van der Waals surface area (Å²) in [6.07, 6.45) is 3.89. The van der Waals surface area contributed by atoms with Gasteiger partial charge in [0.15, 0.2) is 0 Å². The molecule has 0 bridgehead atoms. The summed E-state index contributed by atoms with van der Waals surface area (Å²) in [6, 6.07) is 23.9. The van der Waals surface area contributed by atoms with Gasteiger partial charge in [-0.15, -0.1) is 0 Å². The smallest absolute Gasteiger partial charge is 0.258 e. The Hall–Kier alpha value is -2.87. The molecule has 0 radical (unpaired) electrons. The van der Waals surface area contributed by atoms with E-state index in [1.807, 2.05) is 92.0 Å². The van der Waals surface area contributed by atoms with E-state index in [9.17, 15) is 4.79 Å². The third kappa shape index (κ3) is 3.67. The van der Waals surface area contributed by atoms with E-state index in [0.717, 1.165) is 22.3 Å². The van der Waals surface area contributed by atoms with Gasteiger partial charge in [-0.05, 0) is 35.8 Å². The molecule has 2 aromatic carbocycles. The van der Waals surface area contributed by atoms with Gasteiger partial charge in [0.25, 0.3) is 5.56 Å². The molecule has 0 unspecified atom stereocenters. The summed E-state index contributed by atoms with van der Waals surface area (Å²) in [6.45, 7) is 2.57. The molecule has 0 amide bonds. The molecule has 3 rings (SSSR count). The Morgan fingerprint density at radius 2 is 1.57 bits per heavy atom. The lowest BCUT2D eigenvalue weighted by atomic mass is 10.1. The molecule has 2 nitrogen and oxygen atoms in total. The normalized spacial score (nSPS) is 11.4. The van der Waals surface area contributed by atoms with Crippen LogP contribution in [-0.2, 0) is 6.54 Å². The summed E-state index contributed by atoms with van der Waals surface area (Å²) in [5.74, 6) is 0. The average molecular weight is 301 g/mol. The second kappa shape index (κ2) is 6.93. The van der Waals surface area contributed by atoms with E-state index in [1.165, 1.54) is 0 Å². The van der Waals surface area contributed by atoms with Crippen molar-refractivity contribution < 1.29 is 0 Å². The van der Waals surface area contributed by atoms with Gasteiger partial charge in [0.2, 0.25) is 0 Å². The Labute approximate surface area is 136 Å². The van der Waals surface area contributed by atoms with Gasteiger partial charge in [0.1, 0.15) is 0 Å².